The van der Waals surface area contributed by atoms with Crippen molar-refractivity contribution in [2.45, 2.75) is 11.8 Å². The van der Waals surface area contributed by atoms with E-state index >= 15 is 0 Å². The van der Waals surface area contributed by atoms with E-state index in [9.17, 15) is 13.6 Å². The van der Waals surface area contributed by atoms with Crippen molar-refractivity contribution in [3.8, 4) is 0 Å². The largest absolute Gasteiger partial charge is 0.317 e. The highest BCUT2D eigenvalue weighted by atomic mass is 79.9. The summed E-state index contributed by atoms with van der Waals surface area (Å²) in [5.74, 6) is -2.22. The summed E-state index contributed by atoms with van der Waals surface area (Å²) in [6.45, 7) is 1.49. The quantitative estimate of drug-likeness (QED) is 0.757. The number of halogens is 3. The second-order valence-electron chi connectivity index (χ2n) is 4.17. The average Bonchev–Trinajstić information content (AvgIpc) is 2.41. The van der Waals surface area contributed by atoms with Crippen molar-refractivity contribution in [3.05, 3.63) is 57.6 Å². The van der Waals surface area contributed by atoms with E-state index in [-0.39, 0.29) is 11.1 Å². The van der Waals surface area contributed by atoms with Crippen molar-refractivity contribution in [1.82, 2.24) is 0 Å². The predicted molar refractivity (Wildman–Crippen MR) is 80.4 cm³/mol. The lowest BCUT2D eigenvalue weighted by Crippen LogP contribution is -2.15. The van der Waals surface area contributed by atoms with Gasteiger partial charge in [-0.25, -0.2) is 8.78 Å². The van der Waals surface area contributed by atoms with Crippen molar-refractivity contribution in [3.63, 3.8) is 0 Å². The van der Waals surface area contributed by atoms with E-state index in [1.54, 1.807) is 12.1 Å². The maximum absolute atomic E-state index is 13.8. The fourth-order valence-electron chi connectivity index (χ4n) is 1.64. The molecule has 0 aliphatic carbocycles. The molecule has 0 saturated carbocycles. The van der Waals surface area contributed by atoms with Crippen LogP contribution in [0, 0.1) is 18.6 Å². The van der Waals surface area contributed by atoms with Gasteiger partial charge in [-0.05, 0) is 52.7 Å². The van der Waals surface area contributed by atoms with E-state index in [0.29, 0.717) is 9.37 Å². The fourth-order valence-corrected chi connectivity index (χ4v) is 2.27. The zero-order valence-electron chi connectivity index (χ0n) is 10.4. The summed E-state index contributed by atoms with van der Waals surface area (Å²) in [6.07, 6.45) is 0. The molecule has 1 amide bonds. The van der Waals surface area contributed by atoms with Crippen molar-refractivity contribution in [1.29, 1.82) is 0 Å². The van der Waals surface area contributed by atoms with Gasteiger partial charge in [-0.1, -0.05) is 6.07 Å². The zero-order chi connectivity index (χ0) is 14.9. The minimum absolute atomic E-state index is 0.248. The molecule has 6 heteroatoms. The summed E-state index contributed by atoms with van der Waals surface area (Å²) in [5, 5.41) is 2.25. The molecule has 2 rings (SSSR count). The predicted octanol–water partition coefficient (Wildman–Crippen LogP) is 4.58. The van der Waals surface area contributed by atoms with Crippen LogP contribution in [0.1, 0.15) is 15.9 Å². The molecule has 2 aromatic rings. The first kappa shape index (κ1) is 15.0. The maximum atomic E-state index is 13.8. The topological polar surface area (TPSA) is 29.1 Å². The molecule has 0 bridgehead atoms. The molecular formula is C14H10BrF2NOS. The Balaban J connectivity index is 2.38. The summed E-state index contributed by atoms with van der Waals surface area (Å²) in [7, 11) is 0. The van der Waals surface area contributed by atoms with Gasteiger partial charge >= 0.3 is 0 Å². The van der Waals surface area contributed by atoms with Crippen LogP contribution >= 0.6 is 28.6 Å². The summed E-state index contributed by atoms with van der Waals surface area (Å²) in [4.78, 5) is 12.7. The highest BCUT2D eigenvalue weighted by Gasteiger charge is 2.17. The summed E-state index contributed by atoms with van der Waals surface area (Å²) in [5.41, 5.74) is 0.0491. The van der Waals surface area contributed by atoms with E-state index in [2.05, 4.69) is 33.9 Å². The Bertz CT molecular complexity index is 691. The highest BCUT2D eigenvalue weighted by molar-refractivity contribution is 9.10. The van der Waals surface area contributed by atoms with Crippen LogP contribution in [0.5, 0.6) is 0 Å². The van der Waals surface area contributed by atoms with E-state index in [1.807, 2.05) is 0 Å². The van der Waals surface area contributed by atoms with Crippen molar-refractivity contribution in [2.24, 2.45) is 0 Å². The first-order valence-electron chi connectivity index (χ1n) is 5.64. The van der Waals surface area contributed by atoms with Crippen LogP contribution in [-0.4, -0.2) is 5.91 Å². The second kappa shape index (κ2) is 5.93. The molecule has 0 saturated heterocycles. The van der Waals surface area contributed by atoms with Gasteiger partial charge in [0.2, 0.25) is 0 Å². The number of amides is 1. The molecule has 2 aromatic carbocycles. The van der Waals surface area contributed by atoms with Crippen LogP contribution in [0.15, 0.2) is 39.7 Å². The van der Waals surface area contributed by atoms with Crippen LogP contribution in [0.3, 0.4) is 0 Å². The molecule has 20 heavy (non-hydrogen) atoms. The van der Waals surface area contributed by atoms with Gasteiger partial charge in [0.15, 0.2) is 5.82 Å². The Morgan fingerprint density at radius 3 is 2.65 bits per heavy atom. The third-order valence-corrected chi connectivity index (χ3v) is 3.69. The Labute approximate surface area is 128 Å². The SMILES string of the molecule is Cc1ccc(F)c(NC(=O)c2cc(S)ccc2Br)c1F. The standard InChI is InChI=1S/C14H10BrF2NOS/c1-7-2-5-11(16)13(12(7)17)18-14(19)9-6-8(20)3-4-10(9)15/h2-6,20H,1H3,(H,18,19). The van der Waals surface area contributed by atoms with E-state index in [1.165, 1.54) is 19.1 Å². The van der Waals surface area contributed by atoms with Gasteiger partial charge in [0.05, 0.1) is 5.56 Å². The fraction of sp³-hybridized carbons (Fsp3) is 0.0714. The number of anilines is 1. The molecule has 0 aliphatic heterocycles. The summed E-state index contributed by atoms with van der Waals surface area (Å²) in [6, 6.07) is 7.26. The van der Waals surface area contributed by atoms with E-state index < -0.39 is 23.2 Å². The van der Waals surface area contributed by atoms with Crippen LogP contribution in [0.4, 0.5) is 14.5 Å². The third-order valence-electron chi connectivity index (χ3n) is 2.72. The lowest BCUT2D eigenvalue weighted by Gasteiger charge is -2.10. The number of thiol groups is 1. The number of aryl methyl sites for hydroxylation is 1. The number of benzene rings is 2. The minimum atomic E-state index is -0.820. The van der Waals surface area contributed by atoms with Gasteiger partial charge in [-0.2, -0.15) is 0 Å². The Morgan fingerprint density at radius 2 is 1.95 bits per heavy atom. The number of rotatable bonds is 2. The number of hydrogen-bond donors (Lipinski definition) is 2. The van der Waals surface area contributed by atoms with E-state index in [4.69, 9.17) is 0 Å². The zero-order valence-corrected chi connectivity index (χ0v) is 12.9. The molecule has 0 atom stereocenters. The van der Waals surface area contributed by atoms with Crippen molar-refractivity contribution in [2.75, 3.05) is 5.32 Å². The van der Waals surface area contributed by atoms with Crippen LogP contribution in [0.2, 0.25) is 0 Å². The second-order valence-corrected chi connectivity index (χ2v) is 5.54. The van der Waals surface area contributed by atoms with Gasteiger partial charge in [-0.3, -0.25) is 4.79 Å². The third kappa shape index (κ3) is 3.02. The van der Waals surface area contributed by atoms with Crippen molar-refractivity contribution >= 4 is 40.2 Å². The monoisotopic (exact) mass is 357 g/mol. The normalized spacial score (nSPS) is 10.4. The first-order valence-corrected chi connectivity index (χ1v) is 6.88. The van der Waals surface area contributed by atoms with Crippen LogP contribution in [-0.2, 0) is 0 Å². The van der Waals surface area contributed by atoms with Gasteiger partial charge in [-0.15, -0.1) is 12.6 Å². The number of carbonyl (C=O) groups is 1. The molecule has 104 valence electrons. The van der Waals surface area contributed by atoms with Gasteiger partial charge in [0.1, 0.15) is 11.5 Å². The molecule has 0 aromatic heterocycles. The molecule has 0 unspecified atom stereocenters. The molecular weight excluding hydrogens is 348 g/mol. The molecule has 1 N–H and O–H groups in total. The van der Waals surface area contributed by atoms with Crippen LogP contribution in [0.25, 0.3) is 0 Å². The Morgan fingerprint density at radius 1 is 1.25 bits per heavy atom. The van der Waals surface area contributed by atoms with Crippen LogP contribution < -0.4 is 5.32 Å². The average molecular weight is 358 g/mol. The number of hydrogen-bond acceptors (Lipinski definition) is 2. The molecule has 0 aliphatic rings. The van der Waals surface area contributed by atoms with Gasteiger partial charge in [0.25, 0.3) is 5.91 Å². The van der Waals surface area contributed by atoms with E-state index in [0.717, 1.165) is 6.07 Å². The molecule has 0 heterocycles. The molecule has 0 radical (unpaired) electrons. The maximum Gasteiger partial charge on any atom is 0.257 e. The molecule has 0 spiro atoms. The smallest absolute Gasteiger partial charge is 0.257 e. The first-order chi connectivity index (χ1) is 9.40. The van der Waals surface area contributed by atoms with Gasteiger partial charge < -0.3 is 5.32 Å². The van der Waals surface area contributed by atoms with Gasteiger partial charge in [0, 0.05) is 9.37 Å². The van der Waals surface area contributed by atoms with Crippen molar-refractivity contribution < 1.29 is 13.6 Å². The summed E-state index contributed by atoms with van der Waals surface area (Å²) < 4.78 is 28.0. The number of nitrogens with one attached hydrogen (secondary N) is 1. The number of carbonyl (C=O) groups excluding carboxylic acids is 1. The Hall–Kier alpha value is -1.40. The lowest BCUT2D eigenvalue weighted by atomic mass is 10.1. The highest BCUT2D eigenvalue weighted by Crippen LogP contribution is 2.25. The molecule has 0 fully saturated rings. The molecule has 2 nitrogen and oxygen atoms in total. The summed E-state index contributed by atoms with van der Waals surface area (Å²) >= 11 is 7.34. The minimum Gasteiger partial charge on any atom is -0.317 e. The lowest BCUT2D eigenvalue weighted by molar-refractivity contribution is 0.102. The Kier molecular flexibility index (Phi) is 4.45.